The molecule has 2 fully saturated rings. The molecule has 2 aliphatic rings. The highest BCUT2D eigenvalue weighted by molar-refractivity contribution is 5.91. The Balaban J connectivity index is 1.45. The third kappa shape index (κ3) is 5.86. The lowest BCUT2D eigenvalue weighted by atomic mass is 9.89. The van der Waals surface area contributed by atoms with Gasteiger partial charge in [0.15, 0.2) is 17.6 Å². The number of amides is 1. The van der Waals surface area contributed by atoms with Crippen molar-refractivity contribution in [3.8, 4) is 11.5 Å². The van der Waals surface area contributed by atoms with Crippen LogP contribution >= 0.6 is 0 Å². The Kier molecular flexibility index (Phi) is 8.02. The quantitative estimate of drug-likeness (QED) is 0.281. The lowest BCUT2D eigenvalue weighted by Gasteiger charge is -2.45. The van der Waals surface area contributed by atoms with Crippen LogP contribution in [0.3, 0.4) is 0 Å². The van der Waals surface area contributed by atoms with E-state index in [-0.39, 0.29) is 29.7 Å². The summed E-state index contributed by atoms with van der Waals surface area (Å²) in [4.78, 5) is 37.4. The number of nitrogens with one attached hydrogen (secondary N) is 1. The van der Waals surface area contributed by atoms with Crippen molar-refractivity contribution >= 4 is 28.9 Å². The number of hydrogen-bond acceptors (Lipinski definition) is 11. The summed E-state index contributed by atoms with van der Waals surface area (Å²) in [5.41, 5.74) is -0.386. The van der Waals surface area contributed by atoms with Gasteiger partial charge in [0.25, 0.3) is 0 Å². The zero-order valence-corrected chi connectivity index (χ0v) is 24.1. The van der Waals surface area contributed by atoms with Crippen molar-refractivity contribution in [1.82, 2.24) is 0 Å². The fraction of sp³-hybridized carbons (Fsp3) is 0.433. The summed E-state index contributed by atoms with van der Waals surface area (Å²) in [5.74, 6) is 0.541. The Morgan fingerprint density at radius 1 is 1.07 bits per heavy atom. The maximum absolute atomic E-state index is 12.9. The van der Waals surface area contributed by atoms with E-state index < -0.39 is 48.1 Å². The molecule has 12 heteroatoms. The van der Waals surface area contributed by atoms with Gasteiger partial charge in [-0.15, -0.1) is 0 Å². The predicted molar refractivity (Wildman–Crippen MR) is 149 cm³/mol. The fourth-order valence-corrected chi connectivity index (χ4v) is 5.11. The lowest BCUT2D eigenvalue weighted by molar-refractivity contribution is -0.283. The summed E-state index contributed by atoms with van der Waals surface area (Å²) in [6, 6.07) is 12.2. The summed E-state index contributed by atoms with van der Waals surface area (Å²) in [5, 5.41) is 2.91. The molecule has 0 aliphatic carbocycles. The van der Waals surface area contributed by atoms with Crippen molar-refractivity contribution in [2.45, 2.75) is 77.5 Å². The first kappa shape index (κ1) is 29.2. The van der Waals surface area contributed by atoms with Gasteiger partial charge in [0, 0.05) is 18.1 Å². The molecule has 2 aliphatic heterocycles. The molecule has 5 rings (SSSR count). The Hall–Kier alpha value is -4.29. The fourth-order valence-electron chi connectivity index (χ4n) is 5.11. The van der Waals surface area contributed by atoms with Crippen LogP contribution in [-0.2, 0) is 30.3 Å². The molecular formula is C30H33NO11. The van der Waals surface area contributed by atoms with E-state index >= 15 is 0 Å². The Morgan fingerprint density at radius 3 is 2.48 bits per heavy atom. The van der Waals surface area contributed by atoms with E-state index in [0.29, 0.717) is 16.7 Å². The summed E-state index contributed by atoms with van der Waals surface area (Å²) in [7, 11) is 1.50. The standard InChI is InChI=1S/C30H33NO11/c1-15(2)37-20-13-18-12-19(31-28(33)36-14-17-10-8-7-9-11-17)26(32)38-21(18)16(3)22(20)39-27-24-23(40-29(34)41-24)25(35-6)30(4,5)42-27/h7-13,15,23-25,27H,14H2,1-6H3,(H,31,33)/t23-,24+,25-,27-/m1/s1. The smallest absolute Gasteiger partial charge is 0.487 e. The molecule has 0 bridgehead atoms. The van der Waals surface area contributed by atoms with Gasteiger partial charge in [0.1, 0.15) is 24.0 Å². The van der Waals surface area contributed by atoms with Gasteiger partial charge in [0.2, 0.25) is 12.4 Å². The first-order valence-electron chi connectivity index (χ1n) is 13.5. The van der Waals surface area contributed by atoms with Gasteiger partial charge in [0.05, 0.1) is 11.7 Å². The van der Waals surface area contributed by atoms with Crippen LogP contribution in [0, 0.1) is 6.92 Å². The van der Waals surface area contributed by atoms with E-state index in [0.717, 1.165) is 5.56 Å². The van der Waals surface area contributed by atoms with Crippen molar-refractivity contribution in [2.24, 2.45) is 0 Å². The second kappa shape index (κ2) is 11.5. The van der Waals surface area contributed by atoms with Crippen LogP contribution in [0.15, 0.2) is 51.7 Å². The molecule has 3 aromatic rings. The first-order chi connectivity index (χ1) is 20.0. The van der Waals surface area contributed by atoms with Crippen molar-refractivity contribution < 1.29 is 47.2 Å². The predicted octanol–water partition coefficient (Wildman–Crippen LogP) is 5.07. The molecular weight excluding hydrogens is 550 g/mol. The Morgan fingerprint density at radius 2 is 1.79 bits per heavy atom. The third-order valence-corrected chi connectivity index (χ3v) is 6.93. The zero-order chi connectivity index (χ0) is 30.2. The Labute approximate surface area is 241 Å². The second-order valence-corrected chi connectivity index (χ2v) is 10.8. The molecule has 1 N–H and O–H groups in total. The molecule has 3 heterocycles. The molecule has 1 aromatic heterocycles. The molecule has 2 aromatic carbocycles. The molecule has 42 heavy (non-hydrogen) atoms. The Bertz CT molecular complexity index is 1530. The zero-order valence-electron chi connectivity index (χ0n) is 24.1. The lowest BCUT2D eigenvalue weighted by Crippen LogP contribution is -2.62. The van der Waals surface area contributed by atoms with Gasteiger partial charge < -0.3 is 37.6 Å². The van der Waals surface area contributed by atoms with Crippen LogP contribution < -0.4 is 20.4 Å². The summed E-state index contributed by atoms with van der Waals surface area (Å²) < 4.78 is 45.8. The highest BCUT2D eigenvalue weighted by atomic mass is 16.8. The molecule has 4 atom stereocenters. The number of ether oxygens (including phenoxy) is 7. The van der Waals surface area contributed by atoms with Crippen LogP contribution in [-0.4, -0.2) is 55.7 Å². The number of aryl methyl sites for hydroxylation is 1. The molecule has 224 valence electrons. The number of rotatable bonds is 8. The maximum atomic E-state index is 12.9. The van der Waals surface area contributed by atoms with Crippen molar-refractivity contribution in [2.75, 3.05) is 12.4 Å². The van der Waals surface area contributed by atoms with E-state index in [1.54, 1.807) is 26.8 Å². The monoisotopic (exact) mass is 583 g/mol. The van der Waals surface area contributed by atoms with Crippen molar-refractivity contribution in [3.05, 3.63) is 64.0 Å². The van der Waals surface area contributed by atoms with Gasteiger partial charge in [-0.25, -0.2) is 14.4 Å². The molecule has 0 radical (unpaired) electrons. The van der Waals surface area contributed by atoms with Crippen molar-refractivity contribution in [3.63, 3.8) is 0 Å². The average Bonchev–Trinajstić information content (AvgIpc) is 3.31. The van der Waals surface area contributed by atoms with E-state index in [1.165, 1.54) is 13.2 Å². The largest absolute Gasteiger partial charge is 0.509 e. The van der Waals surface area contributed by atoms with Crippen LogP contribution in [0.5, 0.6) is 11.5 Å². The average molecular weight is 584 g/mol. The van der Waals surface area contributed by atoms with Gasteiger partial charge in [-0.05, 0) is 52.3 Å². The molecule has 2 saturated heterocycles. The maximum Gasteiger partial charge on any atom is 0.509 e. The van der Waals surface area contributed by atoms with E-state index in [2.05, 4.69) is 5.32 Å². The van der Waals surface area contributed by atoms with E-state index in [1.807, 2.05) is 44.2 Å². The third-order valence-electron chi connectivity index (χ3n) is 6.93. The number of hydrogen-bond donors (Lipinski definition) is 1. The van der Waals surface area contributed by atoms with Crippen LogP contribution in [0.4, 0.5) is 15.3 Å². The van der Waals surface area contributed by atoms with E-state index in [4.69, 9.17) is 37.6 Å². The molecule has 0 saturated carbocycles. The number of fused-ring (bicyclic) bond motifs is 2. The minimum atomic E-state index is -1.10. The van der Waals surface area contributed by atoms with Crippen molar-refractivity contribution in [1.29, 1.82) is 0 Å². The number of methoxy groups -OCH3 is 1. The van der Waals surface area contributed by atoms with Crippen LogP contribution in [0.25, 0.3) is 11.0 Å². The minimum Gasteiger partial charge on any atom is -0.487 e. The highest BCUT2D eigenvalue weighted by Gasteiger charge is 2.59. The molecule has 0 unspecified atom stereocenters. The second-order valence-electron chi connectivity index (χ2n) is 10.8. The first-order valence-corrected chi connectivity index (χ1v) is 13.5. The normalized spacial score (nSPS) is 22.7. The highest BCUT2D eigenvalue weighted by Crippen LogP contribution is 2.43. The van der Waals surface area contributed by atoms with Gasteiger partial charge in [-0.2, -0.15) is 0 Å². The summed E-state index contributed by atoms with van der Waals surface area (Å²) >= 11 is 0. The number of carbonyl (C=O) groups excluding carboxylic acids is 2. The van der Waals surface area contributed by atoms with Gasteiger partial charge in [-0.1, -0.05) is 30.3 Å². The number of carbonyl (C=O) groups is 2. The summed E-state index contributed by atoms with van der Waals surface area (Å²) in [6.07, 6.45) is -5.34. The molecule has 0 spiro atoms. The molecule has 12 nitrogen and oxygen atoms in total. The summed E-state index contributed by atoms with van der Waals surface area (Å²) in [6.45, 7) is 8.99. The SMILES string of the molecule is CO[C@@H]1[C@@H]2OC(=O)O[C@@H]2[C@H](Oc2c(OC(C)C)cc3cc(NC(=O)OCc4ccccc4)c(=O)oc3c2C)OC1(C)C. The topological polar surface area (TPSA) is 141 Å². The van der Waals surface area contributed by atoms with Crippen LogP contribution in [0.1, 0.15) is 38.8 Å². The van der Waals surface area contributed by atoms with Crippen LogP contribution in [0.2, 0.25) is 0 Å². The minimum absolute atomic E-state index is 0.0329. The molecule has 1 amide bonds. The van der Waals surface area contributed by atoms with Gasteiger partial charge >= 0.3 is 17.9 Å². The van der Waals surface area contributed by atoms with E-state index in [9.17, 15) is 14.4 Å². The number of anilines is 1. The number of benzene rings is 2. The van der Waals surface area contributed by atoms with Gasteiger partial charge in [-0.3, -0.25) is 5.32 Å².